The van der Waals surface area contributed by atoms with Crippen molar-refractivity contribution in [3.8, 4) is 39.7 Å². The van der Waals surface area contributed by atoms with Gasteiger partial charge in [-0.3, -0.25) is 0 Å². The van der Waals surface area contributed by atoms with E-state index in [1.54, 1.807) is 7.11 Å². The van der Waals surface area contributed by atoms with Crippen molar-refractivity contribution >= 4 is 10.8 Å². The van der Waals surface area contributed by atoms with Crippen molar-refractivity contribution in [1.29, 1.82) is 0 Å². The molecule has 0 aliphatic rings. The summed E-state index contributed by atoms with van der Waals surface area (Å²) in [5.74, 6) is 1.54. The van der Waals surface area contributed by atoms with Crippen molar-refractivity contribution in [2.45, 2.75) is 0 Å². The monoisotopic (exact) mass is 388 g/mol. The molecule has 0 N–H and O–H groups in total. The fourth-order valence-electron chi connectivity index (χ4n) is 3.57. The molecule has 0 saturated heterocycles. The molecule has 0 fully saturated rings. The summed E-state index contributed by atoms with van der Waals surface area (Å²) >= 11 is 0. The van der Waals surface area contributed by atoms with Gasteiger partial charge >= 0.3 is 0 Å². The van der Waals surface area contributed by atoms with Crippen molar-refractivity contribution in [3.63, 3.8) is 0 Å². The lowest BCUT2D eigenvalue weighted by molar-refractivity contribution is 0.415. The third kappa shape index (κ3) is 3.53. The predicted molar refractivity (Wildman–Crippen MR) is 122 cm³/mol. The van der Waals surface area contributed by atoms with Crippen molar-refractivity contribution in [3.05, 3.63) is 103 Å². The maximum Gasteiger partial charge on any atom is 0.160 e. The molecule has 0 bridgehead atoms. The van der Waals surface area contributed by atoms with E-state index in [4.69, 9.17) is 14.7 Å². The minimum atomic E-state index is 0.715. The number of rotatable bonds is 4. The first kappa shape index (κ1) is 18.1. The third-order valence-corrected chi connectivity index (χ3v) is 5.19. The van der Waals surface area contributed by atoms with E-state index in [-0.39, 0.29) is 0 Å². The standard InChI is InChI=1S/C27H20N2O/c1-30-24-15-13-20(14-16-24)25-18-26(29-27(28-25)21-8-3-2-4-9-21)23-12-11-19-7-5-6-10-22(19)17-23/h2-18H,1H3. The average molecular weight is 388 g/mol. The highest BCUT2D eigenvalue weighted by Crippen LogP contribution is 2.30. The summed E-state index contributed by atoms with van der Waals surface area (Å²) in [4.78, 5) is 9.77. The average Bonchev–Trinajstić information content (AvgIpc) is 2.84. The van der Waals surface area contributed by atoms with Crippen LogP contribution in [0.4, 0.5) is 0 Å². The maximum atomic E-state index is 5.30. The van der Waals surface area contributed by atoms with Gasteiger partial charge in [0.05, 0.1) is 18.5 Å². The number of hydrogen-bond donors (Lipinski definition) is 0. The van der Waals surface area contributed by atoms with Crippen LogP contribution in [0.5, 0.6) is 5.75 Å². The Kier molecular flexibility index (Phi) is 4.70. The summed E-state index contributed by atoms with van der Waals surface area (Å²) in [6, 6.07) is 34.9. The second-order valence-corrected chi connectivity index (χ2v) is 7.12. The molecule has 0 aliphatic heterocycles. The molecule has 4 aromatic carbocycles. The minimum Gasteiger partial charge on any atom is -0.497 e. The fourth-order valence-corrected chi connectivity index (χ4v) is 3.57. The highest BCUT2D eigenvalue weighted by Gasteiger charge is 2.11. The lowest BCUT2D eigenvalue weighted by atomic mass is 10.0. The quantitative estimate of drug-likeness (QED) is 0.346. The fraction of sp³-hybridized carbons (Fsp3) is 0.0370. The van der Waals surface area contributed by atoms with Gasteiger partial charge in [0, 0.05) is 16.7 Å². The smallest absolute Gasteiger partial charge is 0.160 e. The zero-order valence-corrected chi connectivity index (χ0v) is 16.6. The van der Waals surface area contributed by atoms with E-state index in [1.165, 1.54) is 10.8 Å². The highest BCUT2D eigenvalue weighted by atomic mass is 16.5. The second-order valence-electron chi connectivity index (χ2n) is 7.12. The Balaban J connectivity index is 1.68. The molecule has 0 atom stereocenters. The molecule has 0 aliphatic carbocycles. The molecule has 0 unspecified atom stereocenters. The van der Waals surface area contributed by atoms with Gasteiger partial charge in [-0.1, -0.05) is 66.7 Å². The molecule has 3 nitrogen and oxygen atoms in total. The summed E-state index contributed by atoms with van der Waals surface area (Å²) in [5.41, 5.74) is 4.88. The van der Waals surface area contributed by atoms with Crippen LogP contribution in [0, 0.1) is 0 Å². The SMILES string of the molecule is COc1ccc(-c2cc(-c3ccc4ccccc4c3)nc(-c3ccccc3)n2)cc1. The largest absolute Gasteiger partial charge is 0.497 e. The second kappa shape index (κ2) is 7.80. The molecule has 0 radical (unpaired) electrons. The summed E-state index contributed by atoms with van der Waals surface area (Å²) in [5, 5.41) is 2.41. The van der Waals surface area contributed by atoms with Gasteiger partial charge in [-0.15, -0.1) is 0 Å². The van der Waals surface area contributed by atoms with E-state index in [2.05, 4.69) is 48.5 Å². The highest BCUT2D eigenvalue weighted by molar-refractivity contribution is 5.87. The Labute approximate surface area is 175 Å². The van der Waals surface area contributed by atoms with Gasteiger partial charge in [0.2, 0.25) is 0 Å². The Morgan fingerprint density at radius 1 is 0.533 bits per heavy atom. The van der Waals surface area contributed by atoms with E-state index in [9.17, 15) is 0 Å². The number of methoxy groups -OCH3 is 1. The predicted octanol–water partition coefficient (Wildman–Crippen LogP) is 6.64. The van der Waals surface area contributed by atoms with Crippen LogP contribution in [0.2, 0.25) is 0 Å². The van der Waals surface area contributed by atoms with Gasteiger partial charge in [-0.05, 0) is 47.2 Å². The van der Waals surface area contributed by atoms with Crippen LogP contribution in [0.1, 0.15) is 0 Å². The van der Waals surface area contributed by atoms with Crippen LogP contribution in [0.15, 0.2) is 103 Å². The van der Waals surface area contributed by atoms with Gasteiger partial charge < -0.3 is 4.74 Å². The molecule has 0 spiro atoms. The van der Waals surface area contributed by atoms with Gasteiger partial charge in [-0.2, -0.15) is 0 Å². The van der Waals surface area contributed by atoms with Gasteiger partial charge in [0.1, 0.15) is 5.75 Å². The molecular formula is C27H20N2O. The van der Waals surface area contributed by atoms with Crippen LogP contribution >= 0.6 is 0 Å². The van der Waals surface area contributed by atoms with E-state index in [0.717, 1.165) is 33.8 Å². The zero-order chi connectivity index (χ0) is 20.3. The number of hydrogen-bond acceptors (Lipinski definition) is 3. The Bertz CT molecular complexity index is 1310. The molecule has 1 heterocycles. The van der Waals surface area contributed by atoms with E-state index >= 15 is 0 Å². The Morgan fingerprint density at radius 2 is 1.17 bits per heavy atom. The summed E-state index contributed by atoms with van der Waals surface area (Å²) in [6.45, 7) is 0. The molecule has 5 rings (SSSR count). The normalized spacial score (nSPS) is 10.8. The zero-order valence-electron chi connectivity index (χ0n) is 16.6. The third-order valence-electron chi connectivity index (χ3n) is 5.19. The lowest BCUT2D eigenvalue weighted by Crippen LogP contribution is -1.96. The number of benzene rings is 4. The first-order chi connectivity index (χ1) is 14.8. The van der Waals surface area contributed by atoms with Crippen LogP contribution in [-0.2, 0) is 0 Å². The molecule has 0 saturated carbocycles. The summed E-state index contributed by atoms with van der Waals surface area (Å²) < 4.78 is 5.30. The minimum absolute atomic E-state index is 0.715. The van der Waals surface area contributed by atoms with Crippen molar-refractivity contribution < 1.29 is 4.74 Å². The molecule has 1 aromatic heterocycles. The number of fused-ring (bicyclic) bond motifs is 1. The molecule has 144 valence electrons. The van der Waals surface area contributed by atoms with Crippen molar-refractivity contribution in [2.24, 2.45) is 0 Å². The van der Waals surface area contributed by atoms with Crippen LogP contribution in [-0.4, -0.2) is 17.1 Å². The number of nitrogens with zero attached hydrogens (tertiary/aromatic N) is 2. The molecule has 5 aromatic rings. The van der Waals surface area contributed by atoms with E-state index in [1.807, 2.05) is 54.6 Å². The van der Waals surface area contributed by atoms with Gasteiger partial charge in [-0.25, -0.2) is 9.97 Å². The van der Waals surface area contributed by atoms with Crippen molar-refractivity contribution in [2.75, 3.05) is 7.11 Å². The molecular weight excluding hydrogens is 368 g/mol. The van der Waals surface area contributed by atoms with Crippen LogP contribution < -0.4 is 4.74 Å². The molecule has 0 amide bonds. The Morgan fingerprint density at radius 3 is 1.90 bits per heavy atom. The number of aromatic nitrogens is 2. The van der Waals surface area contributed by atoms with Crippen molar-refractivity contribution in [1.82, 2.24) is 9.97 Å². The van der Waals surface area contributed by atoms with Crippen LogP contribution in [0.3, 0.4) is 0 Å². The Hall–Kier alpha value is -3.98. The van der Waals surface area contributed by atoms with Gasteiger partial charge in [0.25, 0.3) is 0 Å². The van der Waals surface area contributed by atoms with Crippen LogP contribution in [0.25, 0.3) is 44.7 Å². The first-order valence-electron chi connectivity index (χ1n) is 9.88. The first-order valence-corrected chi connectivity index (χ1v) is 9.88. The lowest BCUT2D eigenvalue weighted by Gasteiger charge is -2.10. The van der Waals surface area contributed by atoms with E-state index < -0.39 is 0 Å². The number of ether oxygens (including phenoxy) is 1. The molecule has 30 heavy (non-hydrogen) atoms. The molecule has 3 heteroatoms. The van der Waals surface area contributed by atoms with Gasteiger partial charge in [0.15, 0.2) is 5.82 Å². The van der Waals surface area contributed by atoms with E-state index in [0.29, 0.717) is 5.82 Å². The summed E-state index contributed by atoms with van der Waals surface area (Å²) in [6.07, 6.45) is 0. The maximum absolute atomic E-state index is 5.30. The topological polar surface area (TPSA) is 35.0 Å². The summed E-state index contributed by atoms with van der Waals surface area (Å²) in [7, 11) is 1.67.